The number of aryl methyl sites for hydroxylation is 1. The molecule has 0 spiro atoms. The number of fused-ring (bicyclic) bond motifs is 1. The first-order chi connectivity index (χ1) is 20.7. The predicted molar refractivity (Wildman–Crippen MR) is 179 cm³/mol. The second kappa shape index (κ2) is 12.0. The van der Waals surface area contributed by atoms with Gasteiger partial charge in [0, 0.05) is 67.8 Å². The fraction of sp³-hybridized carbons (Fsp3) is 0.471. The maximum absolute atomic E-state index is 13.2. The van der Waals surface area contributed by atoms with Gasteiger partial charge in [-0.2, -0.15) is 5.26 Å². The van der Waals surface area contributed by atoms with E-state index in [1.54, 1.807) is 6.20 Å². The minimum atomic E-state index is -1.96. The highest BCUT2D eigenvalue weighted by atomic mass is 28.4. The summed E-state index contributed by atoms with van der Waals surface area (Å²) in [5.74, 6) is 0.461. The van der Waals surface area contributed by atoms with Gasteiger partial charge in [-0.1, -0.05) is 33.8 Å². The van der Waals surface area contributed by atoms with Crippen LogP contribution in [0.15, 0.2) is 42.6 Å². The van der Waals surface area contributed by atoms with Crippen LogP contribution in [-0.4, -0.2) is 80.4 Å². The molecule has 1 saturated heterocycles. The molecule has 1 fully saturated rings. The molecule has 10 heteroatoms. The molecule has 44 heavy (non-hydrogen) atoms. The van der Waals surface area contributed by atoms with E-state index in [9.17, 15) is 10.1 Å². The third-order valence-corrected chi connectivity index (χ3v) is 14.1. The van der Waals surface area contributed by atoms with Crippen molar-refractivity contribution < 1.29 is 9.22 Å². The van der Waals surface area contributed by atoms with Gasteiger partial charge in [0.15, 0.2) is 8.32 Å². The van der Waals surface area contributed by atoms with E-state index in [0.29, 0.717) is 35.9 Å². The first-order valence-electron chi connectivity index (χ1n) is 15.4. The molecule has 3 aromatic rings. The molecule has 5 rings (SSSR count). The Hall–Kier alpha value is -3.78. The van der Waals surface area contributed by atoms with E-state index in [2.05, 4.69) is 80.5 Å². The number of anilines is 3. The quantitative estimate of drug-likeness (QED) is 0.306. The maximum atomic E-state index is 13.2. The summed E-state index contributed by atoms with van der Waals surface area (Å²) in [7, 11) is 0.116. The van der Waals surface area contributed by atoms with Gasteiger partial charge in [0.2, 0.25) is 5.95 Å². The van der Waals surface area contributed by atoms with Crippen molar-refractivity contribution >= 4 is 31.5 Å². The lowest BCUT2D eigenvalue weighted by atomic mass is 9.83. The molecule has 0 radical (unpaired) electrons. The van der Waals surface area contributed by atoms with E-state index >= 15 is 0 Å². The number of benzene rings is 2. The van der Waals surface area contributed by atoms with Gasteiger partial charge in [-0.25, -0.2) is 9.97 Å². The van der Waals surface area contributed by atoms with Gasteiger partial charge in [0.05, 0.1) is 16.9 Å². The normalized spacial score (nSPS) is 18.8. The van der Waals surface area contributed by atoms with Crippen LogP contribution in [0, 0.1) is 18.3 Å². The fourth-order valence-electron chi connectivity index (χ4n) is 5.39. The van der Waals surface area contributed by atoms with Gasteiger partial charge in [0.25, 0.3) is 5.91 Å². The van der Waals surface area contributed by atoms with Crippen LogP contribution in [-0.2, 0) is 9.84 Å². The highest BCUT2D eigenvalue weighted by molar-refractivity contribution is 6.74. The summed E-state index contributed by atoms with van der Waals surface area (Å²) in [5.41, 5.74) is 6.24. The van der Waals surface area contributed by atoms with Crippen molar-refractivity contribution in [1.82, 2.24) is 19.8 Å². The summed E-state index contributed by atoms with van der Waals surface area (Å²) in [4.78, 5) is 26.7. The minimum absolute atomic E-state index is 0.0344. The van der Waals surface area contributed by atoms with Crippen LogP contribution in [0.25, 0.3) is 11.3 Å². The summed E-state index contributed by atoms with van der Waals surface area (Å²) < 4.78 is 6.67. The average molecular weight is 612 g/mol. The third-order valence-electron chi connectivity index (χ3n) is 9.59. The van der Waals surface area contributed by atoms with Crippen LogP contribution in [0.5, 0.6) is 0 Å². The van der Waals surface area contributed by atoms with Crippen LogP contribution >= 0.6 is 0 Å². The lowest BCUT2D eigenvalue weighted by molar-refractivity contribution is 0.0664. The Morgan fingerprint density at radius 3 is 2.57 bits per heavy atom. The summed E-state index contributed by atoms with van der Waals surface area (Å²) in [6, 6.07) is 14.0. The van der Waals surface area contributed by atoms with Crippen molar-refractivity contribution in [3.05, 3.63) is 64.8 Å². The van der Waals surface area contributed by atoms with E-state index in [4.69, 9.17) is 9.41 Å². The van der Waals surface area contributed by atoms with E-state index in [1.165, 1.54) is 0 Å². The summed E-state index contributed by atoms with van der Waals surface area (Å²) in [6.07, 6.45) is 1.72. The van der Waals surface area contributed by atoms with Crippen molar-refractivity contribution in [1.29, 1.82) is 5.26 Å². The highest BCUT2D eigenvalue weighted by Gasteiger charge is 2.42. The first-order valence-corrected chi connectivity index (χ1v) is 18.3. The molecule has 1 atom stereocenters. The number of hydrogen-bond donors (Lipinski definition) is 2. The Bertz CT molecular complexity index is 1600. The fourth-order valence-corrected chi connectivity index (χ4v) is 6.50. The molecule has 1 amide bonds. The van der Waals surface area contributed by atoms with Crippen LogP contribution in [0.1, 0.15) is 54.7 Å². The number of likely N-dealkylation sites (N-methyl/N-ethyl adjacent to an activating group) is 1. The van der Waals surface area contributed by atoms with Crippen LogP contribution in [0.2, 0.25) is 18.1 Å². The summed E-state index contributed by atoms with van der Waals surface area (Å²) in [6.45, 7) is 20.0. The molecule has 0 aliphatic carbocycles. The van der Waals surface area contributed by atoms with E-state index in [-0.39, 0.29) is 16.4 Å². The number of rotatable bonds is 7. The maximum Gasteiger partial charge on any atom is 0.254 e. The Morgan fingerprint density at radius 1 is 1.16 bits per heavy atom. The zero-order valence-corrected chi connectivity index (χ0v) is 28.3. The molecular formula is C34H45N7O2Si. The van der Waals surface area contributed by atoms with Crippen LogP contribution in [0.3, 0.4) is 0 Å². The Labute approximate surface area is 262 Å². The lowest BCUT2D eigenvalue weighted by Crippen LogP contribution is -2.47. The Kier molecular flexibility index (Phi) is 8.60. The van der Waals surface area contributed by atoms with E-state index in [1.807, 2.05) is 42.2 Å². The van der Waals surface area contributed by atoms with Crippen LogP contribution in [0.4, 0.5) is 17.3 Å². The topological polar surface area (TPSA) is 106 Å². The standard InChI is InChI=1S/C34H45N7O2Si/c1-23-9-10-24(31(42)41-15-13-40(6)14-16-41)19-29(23)39-32-36-12-11-28(38-32)25-17-26(20-35)30-27(18-25)34(5,21-37-30)22-43-44(7,8)33(2,3)4/h9-12,17-19,37H,13-16,21-22H2,1-8H3,(H,36,38,39)/t34-/m1/s1. The van der Waals surface area contributed by atoms with Gasteiger partial charge in [-0.15, -0.1) is 0 Å². The molecule has 2 N–H and O–H groups in total. The van der Waals surface area contributed by atoms with Gasteiger partial charge in [-0.3, -0.25) is 4.79 Å². The number of aromatic nitrogens is 2. The lowest BCUT2D eigenvalue weighted by Gasteiger charge is -2.39. The number of nitriles is 1. The molecule has 0 unspecified atom stereocenters. The molecule has 1 aromatic heterocycles. The molecule has 232 valence electrons. The number of carbonyl (C=O) groups excluding carboxylic acids is 1. The third kappa shape index (κ3) is 6.36. The monoisotopic (exact) mass is 611 g/mol. The average Bonchev–Trinajstić information content (AvgIpc) is 3.33. The van der Waals surface area contributed by atoms with Gasteiger partial charge in [-0.05, 0) is 73.6 Å². The zero-order valence-electron chi connectivity index (χ0n) is 27.3. The molecular weight excluding hydrogens is 567 g/mol. The molecule has 0 bridgehead atoms. The number of amides is 1. The molecule has 0 saturated carbocycles. The van der Waals surface area contributed by atoms with Crippen molar-refractivity contribution in [2.45, 2.75) is 58.2 Å². The summed E-state index contributed by atoms with van der Waals surface area (Å²) >= 11 is 0. The van der Waals surface area contributed by atoms with E-state index in [0.717, 1.165) is 54.2 Å². The molecule has 3 heterocycles. The van der Waals surface area contributed by atoms with Crippen molar-refractivity contribution in [3.8, 4) is 17.3 Å². The van der Waals surface area contributed by atoms with Gasteiger partial charge in [0.1, 0.15) is 6.07 Å². The molecule has 9 nitrogen and oxygen atoms in total. The van der Waals surface area contributed by atoms with Gasteiger partial charge >= 0.3 is 0 Å². The molecule has 2 aliphatic rings. The largest absolute Gasteiger partial charge is 0.416 e. The van der Waals surface area contributed by atoms with Crippen molar-refractivity contribution in [2.75, 3.05) is 57.0 Å². The highest BCUT2D eigenvalue weighted by Crippen LogP contribution is 2.44. The second-order valence-corrected chi connectivity index (χ2v) is 18.8. The Balaban J connectivity index is 1.41. The second-order valence-electron chi connectivity index (χ2n) is 14.0. The first kappa shape index (κ1) is 31.6. The van der Waals surface area contributed by atoms with E-state index < -0.39 is 8.32 Å². The van der Waals surface area contributed by atoms with Crippen LogP contribution < -0.4 is 10.6 Å². The number of nitrogens with one attached hydrogen (secondary N) is 2. The number of carbonyl (C=O) groups is 1. The van der Waals surface area contributed by atoms with Gasteiger partial charge < -0.3 is 24.9 Å². The minimum Gasteiger partial charge on any atom is -0.416 e. The SMILES string of the molecule is Cc1ccc(C(=O)N2CCN(C)CC2)cc1Nc1nccc(-c2cc(C#N)c3c(c2)[C@@](C)(CO[Si](C)(C)C(C)(C)C)CN3)n1. The summed E-state index contributed by atoms with van der Waals surface area (Å²) in [5, 5.41) is 17.0. The Morgan fingerprint density at radius 2 is 1.89 bits per heavy atom. The molecule has 2 aliphatic heterocycles. The van der Waals surface area contributed by atoms with Crippen molar-refractivity contribution in [3.63, 3.8) is 0 Å². The molecule has 2 aromatic carbocycles. The zero-order chi connectivity index (χ0) is 31.9. The predicted octanol–water partition coefficient (Wildman–Crippen LogP) is 6.16. The number of hydrogen-bond acceptors (Lipinski definition) is 8. The van der Waals surface area contributed by atoms with Crippen molar-refractivity contribution in [2.24, 2.45) is 0 Å². The number of nitrogens with zero attached hydrogens (tertiary/aromatic N) is 5. The smallest absolute Gasteiger partial charge is 0.254 e. The number of piperazine rings is 1.